The fraction of sp³-hybridized carbons (Fsp3) is 1.00. The van der Waals surface area contributed by atoms with E-state index in [4.69, 9.17) is 4.74 Å². The molecule has 0 radical (unpaired) electrons. The molecule has 0 aromatic carbocycles. The fourth-order valence-electron chi connectivity index (χ4n) is 1.58. The van der Waals surface area contributed by atoms with Gasteiger partial charge in [-0.2, -0.15) is 0 Å². The molecular formula is C11H23OP. The predicted octanol–water partition coefficient (Wildman–Crippen LogP) is 3.14. The third kappa shape index (κ3) is 4.42. The van der Waals surface area contributed by atoms with Gasteiger partial charge in [0.15, 0.2) is 0 Å². The van der Waals surface area contributed by atoms with Gasteiger partial charge in [-0.15, -0.1) is 8.58 Å². The highest BCUT2D eigenvalue weighted by Gasteiger charge is 2.24. The molecule has 1 atom stereocenters. The van der Waals surface area contributed by atoms with Crippen LogP contribution in [0.25, 0.3) is 0 Å². The van der Waals surface area contributed by atoms with Gasteiger partial charge in [0.25, 0.3) is 0 Å². The van der Waals surface area contributed by atoms with E-state index in [0.29, 0.717) is 10.8 Å². The van der Waals surface area contributed by atoms with Crippen LogP contribution in [0.5, 0.6) is 0 Å². The molecule has 0 amide bonds. The molecule has 1 fully saturated rings. The molecule has 78 valence electrons. The van der Waals surface area contributed by atoms with E-state index in [1.165, 1.54) is 18.7 Å². The van der Waals surface area contributed by atoms with Crippen LogP contribution in [0.15, 0.2) is 0 Å². The van der Waals surface area contributed by atoms with Crippen molar-refractivity contribution in [3.63, 3.8) is 0 Å². The zero-order chi connectivity index (χ0) is 9.95. The summed E-state index contributed by atoms with van der Waals surface area (Å²) in [5.41, 5.74) is 0.798. The molecule has 1 rings (SSSR count). The van der Waals surface area contributed by atoms with Crippen molar-refractivity contribution in [1.29, 1.82) is 0 Å². The molecule has 1 heterocycles. The van der Waals surface area contributed by atoms with Crippen LogP contribution in [-0.2, 0) is 4.74 Å². The fourth-order valence-corrected chi connectivity index (χ4v) is 3.39. The molecule has 0 aliphatic carbocycles. The highest BCUT2D eigenvalue weighted by atomic mass is 31.1. The van der Waals surface area contributed by atoms with Gasteiger partial charge in [-0.25, -0.2) is 0 Å². The Hall–Kier alpha value is 0.390. The first-order valence-electron chi connectivity index (χ1n) is 5.20. The first-order valence-corrected chi connectivity index (χ1v) is 6.61. The Morgan fingerprint density at radius 2 is 1.62 bits per heavy atom. The van der Waals surface area contributed by atoms with Gasteiger partial charge in [0, 0.05) is 0 Å². The van der Waals surface area contributed by atoms with E-state index in [0.717, 1.165) is 21.8 Å². The van der Waals surface area contributed by atoms with Gasteiger partial charge >= 0.3 is 0 Å². The summed E-state index contributed by atoms with van der Waals surface area (Å²) in [6, 6.07) is 0. The second kappa shape index (κ2) is 4.28. The minimum atomic E-state index is 0.396. The zero-order valence-electron chi connectivity index (χ0n) is 9.44. The van der Waals surface area contributed by atoms with Crippen molar-refractivity contribution < 1.29 is 4.74 Å². The van der Waals surface area contributed by atoms with E-state index in [-0.39, 0.29) is 0 Å². The monoisotopic (exact) mass is 202 g/mol. The number of hydrogen-bond donors (Lipinski definition) is 0. The molecule has 1 nitrogen and oxygen atoms in total. The molecular weight excluding hydrogens is 179 g/mol. The van der Waals surface area contributed by atoms with Gasteiger partial charge in [-0.05, 0) is 29.6 Å². The molecule has 1 aliphatic heterocycles. The van der Waals surface area contributed by atoms with E-state index in [9.17, 15) is 0 Å². The topological polar surface area (TPSA) is 9.23 Å². The van der Waals surface area contributed by atoms with Crippen molar-refractivity contribution in [1.82, 2.24) is 0 Å². The molecule has 0 saturated carbocycles. The van der Waals surface area contributed by atoms with Crippen LogP contribution in [0.2, 0.25) is 0 Å². The van der Waals surface area contributed by atoms with Crippen molar-refractivity contribution in [2.24, 2.45) is 10.8 Å². The van der Waals surface area contributed by atoms with Gasteiger partial charge < -0.3 is 4.74 Å². The van der Waals surface area contributed by atoms with Gasteiger partial charge in [-0.1, -0.05) is 27.7 Å². The predicted molar refractivity (Wildman–Crippen MR) is 61.0 cm³/mol. The van der Waals surface area contributed by atoms with Crippen LogP contribution in [0, 0.1) is 10.8 Å². The molecule has 0 spiro atoms. The quantitative estimate of drug-likeness (QED) is 0.548. The minimum absolute atomic E-state index is 0.396. The summed E-state index contributed by atoms with van der Waals surface area (Å²) in [6.07, 6.45) is 4.05. The molecule has 13 heavy (non-hydrogen) atoms. The Bertz CT molecular complexity index is 145. The Morgan fingerprint density at radius 3 is 2.31 bits per heavy atom. The van der Waals surface area contributed by atoms with E-state index in [2.05, 4.69) is 27.7 Å². The molecule has 0 N–H and O–H groups in total. The number of rotatable bonds is 0. The van der Waals surface area contributed by atoms with E-state index >= 15 is 0 Å². The van der Waals surface area contributed by atoms with Crippen LogP contribution < -0.4 is 0 Å². The molecule has 1 unspecified atom stereocenters. The number of ether oxygens (including phenoxy) is 1. The molecule has 0 aromatic heterocycles. The standard InChI is InChI=1S/C11H23OP/c1-10(2)5-6-13-9-11(3,4)8-12-7-10/h13H,5-9H2,1-4H3. The zero-order valence-corrected chi connectivity index (χ0v) is 10.4. The lowest BCUT2D eigenvalue weighted by Gasteiger charge is -2.25. The Kier molecular flexibility index (Phi) is 3.77. The van der Waals surface area contributed by atoms with Crippen molar-refractivity contribution in [2.75, 3.05) is 25.5 Å². The summed E-state index contributed by atoms with van der Waals surface area (Å²) in [4.78, 5) is 0. The third-order valence-electron chi connectivity index (χ3n) is 2.57. The Balaban J connectivity index is 2.48. The molecule has 1 aliphatic rings. The normalized spacial score (nSPS) is 30.5. The van der Waals surface area contributed by atoms with Crippen molar-refractivity contribution in [2.45, 2.75) is 34.1 Å². The van der Waals surface area contributed by atoms with Crippen LogP contribution in [0.3, 0.4) is 0 Å². The van der Waals surface area contributed by atoms with Gasteiger partial charge in [-0.3, -0.25) is 0 Å². The first-order chi connectivity index (χ1) is 5.91. The van der Waals surface area contributed by atoms with Gasteiger partial charge in [0.05, 0.1) is 13.2 Å². The summed E-state index contributed by atoms with van der Waals surface area (Å²) >= 11 is 0. The molecule has 0 aromatic rings. The Morgan fingerprint density at radius 1 is 1.00 bits per heavy atom. The van der Waals surface area contributed by atoms with E-state index in [1.54, 1.807) is 0 Å². The lowest BCUT2D eigenvalue weighted by Crippen LogP contribution is -2.25. The van der Waals surface area contributed by atoms with Crippen LogP contribution in [0.4, 0.5) is 0 Å². The number of hydrogen-bond acceptors (Lipinski definition) is 1. The summed E-state index contributed by atoms with van der Waals surface area (Å²) in [5, 5.41) is 0. The second-order valence-electron chi connectivity index (χ2n) is 5.75. The summed E-state index contributed by atoms with van der Waals surface area (Å²) < 4.78 is 5.79. The van der Waals surface area contributed by atoms with Gasteiger partial charge in [0.1, 0.15) is 0 Å². The minimum Gasteiger partial charge on any atom is -0.380 e. The average molecular weight is 202 g/mol. The first kappa shape index (κ1) is 11.5. The smallest absolute Gasteiger partial charge is 0.0520 e. The maximum atomic E-state index is 5.79. The molecule has 1 saturated heterocycles. The maximum absolute atomic E-state index is 5.79. The van der Waals surface area contributed by atoms with Crippen LogP contribution >= 0.6 is 8.58 Å². The average Bonchev–Trinajstić information content (AvgIpc) is 2.01. The lowest BCUT2D eigenvalue weighted by molar-refractivity contribution is 0.0234. The van der Waals surface area contributed by atoms with Crippen molar-refractivity contribution in [3.8, 4) is 0 Å². The highest BCUT2D eigenvalue weighted by Crippen LogP contribution is 2.33. The van der Waals surface area contributed by atoms with E-state index in [1.807, 2.05) is 0 Å². The summed E-state index contributed by atoms with van der Waals surface area (Å²) in [7, 11) is 1.12. The highest BCUT2D eigenvalue weighted by molar-refractivity contribution is 7.38. The van der Waals surface area contributed by atoms with Crippen LogP contribution in [0.1, 0.15) is 34.1 Å². The maximum Gasteiger partial charge on any atom is 0.0520 e. The van der Waals surface area contributed by atoms with Crippen molar-refractivity contribution in [3.05, 3.63) is 0 Å². The molecule has 2 heteroatoms. The van der Waals surface area contributed by atoms with E-state index < -0.39 is 0 Å². The second-order valence-corrected chi connectivity index (χ2v) is 7.10. The largest absolute Gasteiger partial charge is 0.380 e. The lowest BCUT2D eigenvalue weighted by atomic mass is 9.91. The Labute approximate surface area is 84.4 Å². The SMILES string of the molecule is CC1(C)CCPCC(C)(C)COC1. The van der Waals surface area contributed by atoms with Crippen LogP contribution in [-0.4, -0.2) is 25.5 Å². The summed E-state index contributed by atoms with van der Waals surface area (Å²) in [5.74, 6) is 0. The molecule has 0 bridgehead atoms. The summed E-state index contributed by atoms with van der Waals surface area (Å²) in [6.45, 7) is 11.1. The van der Waals surface area contributed by atoms with Crippen molar-refractivity contribution >= 4 is 8.58 Å². The third-order valence-corrected chi connectivity index (χ3v) is 4.38. The van der Waals surface area contributed by atoms with Gasteiger partial charge in [0.2, 0.25) is 0 Å².